The van der Waals surface area contributed by atoms with E-state index in [1.54, 1.807) is 19.2 Å². The highest BCUT2D eigenvalue weighted by Gasteiger charge is 2.31. The zero-order valence-corrected chi connectivity index (χ0v) is 13.8. The maximum atomic E-state index is 12.5. The Labute approximate surface area is 128 Å². The molecule has 2 rings (SSSR count). The maximum Gasteiger partial charge on any atom is 0.243 e. The number of rotatable bonds is 8. The van der Waals surface area contributed by atoms with Crippen LogP contribution in [0.3, 0.4) is 0 Å². The van der Waals surface area contributed by atoms with Crippen molar-refractivity contribution in [2.75, 3.05) is 20.1 Å². The second-order valence-corrected chi connectivity index (χ2v) is 7.70. The molecule has 0 heterocycles. The van der Waals surface area contributed by atoms with Crippen molar-refractivity contribution in [1.82, 2.24) is 9.62 Å². The predicted octanol–water partition coefficient (Wildman–Crippen LogP) is 2.40. The standard InChI is InChI=1S/C16H26N2O2S/c1-3-17-13-5-6-14-9-11-16(12-10-14)21(19,20)18(2)15-7-4-8-15/h9-12,15,17H,3-8,13H2,1-2H3. The molecule has 5 heteroatoms. The van der Waals surface area contributed by atoms with E-state index < -0.39 is 10.0 Å². The molecule has 21 heavy (non-hydrogen) atoms. The summed E-state index contributed by atoms with van der Waals surface area (Å²) in [4.78, 5) is 0.410. The van der Waals surface area contributed by atoms with Gasteiger partial charge in [0.15, 0.2) is 0 Å². The lowest BCUT2D eigenvalue weighted by Crippen LogP contribution is -2.41. The van der Waals surface area contributed by atoms with Crippen LogP contribution in [0.1, 0.15) is 38.2 Å². The fraction of sp³-hybridized carbons (Fsp3) is 0.625. The summed E-state index contributed by atoms with van der Waals surface area (Å²) >= 11 is 0. The minimum atomic E-state index is -3.32. The molecule has 1 aromatic rings. The number of hydrogen-bond donors (Lipinski definition) is 1. The average Bonchev–Trinajstić information content (AvgIpc) is 2.42. The van der Waals surface area contributed by atoms with Crippen molar-refractivity contribution in [3.8, 4) is 0 Å². The second-order valence-electron chi connectivity index (χ2n) is 5.71. The zero-order chi connectivity index (χ0) is 15.3. The molecule has 1 aromatic carbocycles. The Bertz CT molecular complexity index is 536. The Balaban J connectivity index is 1.97. The van der Waals surface area contributed by atoms with E-state index in [1.807, 2.05) is 12.1 Å². The summed E-state index contributed by atoms with van der Waals surface area (Å²) in [5, 5.41) is 3.29. The summed E-state index contributed by atoms with van der Waals surface area (Å²) in [5.41, 5.74) is 1.19. The predicted molar refractivity (Wildman–Crippen MR) is 85.9 cm³/mol. The van der Waals surface area contributed by atoms with Gasteiger partial charge in [0.05, 0.1) is 4.90 Å². The molecule has 1 aliphatic rings. The quantitative estimate of drug-likeness (QED) is 0.750. The lowest BCUT2D eigenvalue weighted by Gasteiger charge is -2.33. The molecule has 0 atom stereocenters. The first-order valence-electron chi connectivity index (χ1n) is 7.83. The van der Waals surface area contributed by atoms with Crippen LogP contribution >= 0.6 is 0 Å². The van der Waals surface area contributed by atoms with Crippen molar-refractivity contribution in [2.45, 2.75) is 50.0 Å². The number of nitrogens with one attached hydrogen (secondary N) is 1. The minimum absolute atomic E-state index is 0.190. The van der Waals surface area contributed by atoms with E-state index in [-0.39, 0.29) is 6.04 Å². The van der Waals surface area contributed by atoms with Crippen LogP contribution in [-0.4, -0.2) is 38.9 Å². The van der Waals surface area contributed by atoms with Crippen molar-refractivity contribution in [1.29, 1.82) is 0 Å². The maximum absolute atomic E-state index is 12.5. The van der Waals surface area contributed by atoms with E-state index in [1.165, 1.54) is 9.87 Å². The lowest BCUT2D eigenvalue weighted by atomic mass is 9.94. The van der Waals surface area contributed by atoms with Crippen LogP contribution in [-0.2, 0) is 16.4 Å². The van der Waals surface area contributed by atoms with Gasteiger partial charge in [0, 0.05) is 13.1 Å². The normalized spacial score (nSPS) is 16.1. The molecule has 0 saturated heterocycles. The van der Waals surface area contributed by atoms with Gasteiger partial charge < -0.3 is 5.32 Å². The Hall–Kier alpha value is -0.910. The molecule has 0 spiro atoms. The molecule has 1 fully saturated rings. The lowest BCUT2D eigenvalue weighted by molar-refractivity contribution is 0.249. The molecular weight excluding hydrogens is 284 g/mol. The van der Waals surface area contributed by atoms with Crippen LogP contribution in [0.25, 0.3) is 0 Å². The summed E-state index contributed by atoms with van der Waals surface area (Å²) in [6.45, 7) is 4.09. The fourth-order valence-electron chi connectivity index (χ4n) is 2.54. The van der Waals surface area contributed by atoms with Crippen molar-refractivity contribution in [2.24, 2.45) is 0 Å². The summed E-state index contributed by atoms with van der Waals surface area (Å²) in [6, 6.07) is 7.55. The molecule has 4 nitrogen and oxygen atoms in total. The van der Waals surface area contributed by atoms with Crippen LogP contribution in [0.15, 0.2) is 29.2 Å². The molecule has 0 radical (unpaired) electrons. The summed E-state index contributed by atoms with van der Waals surface area (Å²) in [6.07, 6.45) is 5.15. The van der Waals surface area contributed by atoms with Gasteiger partial charge in [-0.3, -0.25) is 0 Å². The van der Waals surface area contributed by atoms with E-state index in [4.69, 9.17) is 0 Å². The van der Waals surface area contributed by atoms with Crippen LogP contribution < -0.4 is 5.32 Å². The molecule has 1 N–H and O–H groups in total. The number of benzene rings is 1. The van der Waals surface area contributed by atoms with Crippen LogP contribution in [0.5, 0.6) is 0 Å². The molecular formula is C16H26N2O2S. The van der Waals surface area contributed by atoms with Crippen LogP contribution in [0, 0.1) is 0 Å². The van der Waals surface area contributed by atoms with Crippen LogP contribution in [0.2, 0.25) is 0 Å². The Morgan fingerprint density at radius 3 is 2.43 bits per heavy atom. The summed E-state index contributed by atoms with van der Waals surface area (Å²) in [5.74, 6) is 0. The largest absolute Gasteiger partial charge is 0.317 e. The smallest absolute Gasteiger partial charge is 0.243 e. The van der Waals surface area contributed by atoms with Gasteiger partial charge in [-0.15, -0.1) is 0 Å². The molecule has 0 amide bonds. The highest BCUT2D eigenvalue weighted by molar-refractivity contribution is 7.89. The van der Waals surface area contributed by atoms with E-state index in [2.05, 4.69) is 12.2 Å². The molecule has 118 valence electrons. The number of hydrogen-bond acceptors (Lipinski definition) is 3. The van der Waals surface area contributed by atoms with Gasteiger partial charge in [0.1, 0.15) is 0 Å². The SMILES string of the molecule is CCNCCCc1ccc(S(=O)(=O)N(C)C2CCC2)cc1. The second kappa shape index (κ2) is 7.38. The third-order valence-corrected chi connectivity index (χ3v) is 6.18. The van der Waals surface area contributed by atoms with E-state index >= 15 is 0 Å². The average molecular weight is 310 g/mol. The van der Waals surface area contributed by atoms with Gasteiger partial charge >= 0.3 is 0 Å². The van der Waals surface area contributed by atoms with Gasteiger partial charge in [-0.2, -0.15) is 4.31 Å². The fourth-order valence-corrected chi connectivity index (χ4v) is 3.95. The van der Waals surface area contributed by atoms with Crippen molar-refractivity contribution in [3.05, 3.63) is 29.8 Å². The van der Waals surface area contributed by atoms with E-state index in [0.29, 0.717) is 4.90 Å². The Morgan fingerprint density at radius 1 is 1.24 bits per heavy atom. The first kappa shape index (κ1) is 16.5. The highest BCUT2D eigenvalue weighted by atomic mass is 32.2. The summed E-state index contributed by atoms with van der Waals surface area (Å²) in [7, 11) is -1.63. The monoisotopic (exact) mass is 310 g/mol. The number of sulfonamides is 1. The third kappa shape index (κ3) is 4.05. The van der Waals surface area contributed by atoms with Gasteiger partial charge in [-0.1, -0.05) is 25.5 Å². The number of nitrogens with zero attached hydrogens (tertiary/aromatic N) is 1. The topological polar surface area (TPSA) is 49.4 Å². The highest BCUT2D eigenvalue weighted by Crippen LogP contribution is 2.28. The first-order chi connectivity index (χ1) is 10.1. The Morgan fingerprint density at radius 2 is 1.90 bits per heavy atom. The molecule has 0 unspecified atom stereocenters. The zero-order valence-electron chi connectivity index (χ0n) is 13.0. The molecule has 1 aliphatic carbocycles. The van der Waals surface area contributed by atoms with Gasteiger partial charge in [0.25, 0.3) is 0 Å². The van der Waals surface area contributed by atoms with E-state index in [0.717, 1.165) is 45.2 Å². The summed E-state index contributed by atoms with van der Waals surface area (Å²) < 4.78 is 26.5. The third-order valence-electron chi connectivity index (χ3n) is 4.26. The minimum Gasteiger partial charge on any atom is -0.317 e. The first-order valence-corrected chi connectivity index (χ1v) is 9.27. The van der Waals surface area contributed by atoms with E-state index in [9.17, 15) is 8.42 Å². The molecule has 0 aromatic heterocycles. The van der Waals surface area contributed by atoms with Gasteiger partial charge in [-0.05, 0) is 56.5 Å². The van der Waals surface area contributed by atoms with Crippen molar-refractivity contribution < 1.29 is 8.42 Å². The van der Waals surface area contributed by atoms with Gasteiger partial charge in [-0.25, -0.2) is 8.42 Å². The number of aryl methyl sites for hydroxylation is 1. The Kier molecular flexibility index (Phi) is 5.79. The molecule has 0 aliphatic heterocycles. The molecule has 0 bridgehead atoms. The van der Waals surface area contributed by atoms with Crippen LogP contribution in [0.4, 0.5) is 0 Å². The van der Waals surface area contributed by atoms with Gasteiger partial charge in [0.2, 0.25) is 10.0 Å². The molecule has 1 saturated carbocycles. The van der Waals surface area contributed by atoms with Crippen molar-refractivity contribution in [3.63, 3.8) is 0 Å². The van der Waals surface area contributed by atoms with Crippen molar-refractivity contribution >= 4 is 10.0 Å².